The van der Waals surface area contributed by atoms with Gasteiger partial charge in [-0.15, -0.1) is 42.8 Å². The monoisotopic (exact) mass is 942 g/mol. The minimum Gasteiger partial charge on any atom is -0.309 e. The predicted octanol–water partition coefficient (Wildman–Crippen LogP) is -0.860. The van der Waals surface area contributed by atoms with Gasteiger partial charge < -0.3 is 9.13 Å². The number of benzene rings is 10. The van der Waals surface area contributed by atoms with Crippen LogP contribution in [0.2, 0.25) is 0 Å². The Hall–Kier alpha value is -7.20. The third-order valence-electron chi connectivity index (χ3n) is 17.0. The first-order valence-corrected chi connectivity index (χ1v) is 27.4. The van der Waals surface area contributed by atoms with E-state index in [4.69, 9.17) is 0 Å². The summed E-state index contributed by atoms with van der Waals surface area (Å²) in [5, 5.41) is 4.98. The van der Waals surface area contributed by atoms with E-state index in [1.165, 1.54) is 146 Å². The molecule has 0 aliphatic heterocycles. The SMILES string of the molecule is Bc1c(B)c(B)c(-c2cc(S(c3ccccc3)(c3ccccc3)c3ccccc3)cc(-c3c(B)c(B)c(B)c(B)c3B)c2-n2c3ccccc3c3cc(-n4c5ccccc5c5ccccc54)ccc32)c(B)c1B. The normalized spacial score (nSPS) is 12.1. The molecular weight excluding hydrogens is 889 g/mol. The second-order valence-corrected chi connectivity index (χ2v) is 23.5. The van der Waals surface area contributed by atoms with Gasteiger partial charge in [-0.25, -0.2) is 0 Å². The maximum atomic E-state index is 2.64. The van der Waals surface area contributed by atoms with Gasteiger partial charge in [0.25, 0.3) is 0 Å². The lowest BCUT2D eigenvalue weighted by molar-refractivity contribution is 1.16. The summed E-state index contributed by atoms with van der Waals surface area (Å²) in [5.41, 5.74) is 25.7. The lowest BCUT2D eigenvalue weighted by atomic mass is 9.58. The second-order valence-electron chi connectivity index (χ2n) is 20.3. The van der Waals surface area contributed by atoms with Crippen LogP contribution in [-0.2, 0) is 0 Å². The molecule has 12 aromatic rings. The quantitative estimate of drug-likeness (QED) is 0.176. The van der Waals surface area contributed by atoms with Crippen LogP contribution in [0.25, 0.3) is 77.2 Å². The summed E-state index contributed by atoms with van der Waals surface area (Å²) in [6.07, 6.45) is 0. The van der Waals surface area contributed by atoms with E-state index in [2.05, 4.69) is 282 Å². The first-order chi connectivity index (χ1) is 35.4. The van der Waals surface area contributed by atoms with E-state index in [0.29, 0.717) is 0 Å². The van der Waals surface area contributed by atoms with Crippen LogP contribution in [0.1, 0.15) is 0 Å². The average molecular weight is 941 g/mol. The molecule has 2 heterocycles. The summed E-state index contributed by atoms with van der Waals surface area (Å²) in [7, 11) is 21.3. The van der Waals surface area contributed by atoms with Crippen LogP contribution in [0.3, 0.4) is 0 Å². The first-order valence-electron chi connectivity index (χ1n) is 25.8. The van der Waals surface area contributed by atoms with E-state index < -0.39 is 10.0 Å². The van der Waals surface area contributed by atoms with Crippen molar-refractivity contribution in [2.45, 2.75) is 19.6 Å². The molecule has 0 aliphatic carbocycles. The molecule has 0 atom stereocenters. The van der Waals surface area contributed by atoms with E-state index in [-0.39, 0.29) is 0 Å². The minimum atomic E-state index is -2.13. The third-order valence-corrected chi connectivity index (χ3v) is 20.9. The van der Waals surface area contributed by atoms with Crippen LogP contribution < -0.4 is 54.6 Å². The zero-order chi connectivity index (χ0) is 50.4. The van der Waals surface area contributed by atoms with Crippen molar-refractivity contribution in [1.82, 2.24) is 9.13 Å². The lowest BCUT2D eigenvalue weighted by Crippen LogP contribution is -2.55. The lowest BCUT2D eigenvalue weighted by Gasteiger charge is -2.43. The predicted molar refractivity (Wildman–Crippen MR) is 348 cm³/mol. The first kappa shape index (κ1) is 46.8. The zero-order valence-electron chi connectivity index (χ0n) is 43.8. The molecule has 0 amide bonds. The van der Waals surface area contributed by atoms with E-state index in [1.54, 1.807) is 0 Å². The van der Waals surface area contributed by atoms with Crippen molar-refractivity contribution in [3.8, 4) is 33.6 Å². The molecule has 0 N–H and O–H groups in total. The van der Waals surface area contributed by atoms with Crippen molar-refractivity contribution >= 4 is 187 Å². The van der Waals surface area contributed by atoms with Gasteiger partial charge in [-0.2, -0.15) is 0 Å². The molecule has 2 nitrogen and oxygen atoms in total. The van der Waals surface area contributed by atoms with E-state index in [1.807, 2.05) is 0 Å². The highest BCUT2D eigenvalue weighted by molar-refractivity contribution is 8.34. The number of rotatable bonds is 8. The van der Waals surface area contributed by atoms with Gasteiger partial charge in [0.05, 0.1) is 27.8 Å². The van der Waals surface area contributed by atoms with Crippen LogP contribution in [0.15, 0.2) is 214 Å². The number of hydrogen-bond acceptors (Lipinski definition) is 0. The summed E-state index contributed by atoms with van der Waals surface area (Å²) < 4.78 is 5.10. The molecule has 73 heavy (non-hydrogen) atoms. The fourth-order valence-corrected chi connectivity index (χ4v) is 16.4. The Morgan fingerprint density at radius 2 is 0.575 bits per heavy atom. The van der Waals surface area contributed by atoms with Crippen molar-refractivity contribution in [3.63, 3.8) is 0 Å². The van der Waals surface area contributed by atoms with Gasteiger partial charge in [-0.1, -0.05) is 131 Å². The van der Waals surface area contributed by atoms with Gasteiger partial charge in [0, 0.05) is 57.9 Å². The van der Waals surface area contributed by atoms with Crippen LogP contribution in [0, 0.1) is 0 Å². The molecule has 12 rings (SSSR count). The molecule has 0 saturated carbocycles. The molecule has 338 valence electrons. The molecule has 0 spiro atoms. The number of para-hydroxylation sites is 3. The molecule has 0 radical (unpaired) electrons. The van der Waals surface area contributed by atoms with Gasteiger partial charge in [-0.3, -0.25) is 0 Å². The third kappa shape index (κ3) is 7.02. The highest BCUT2D eigenvalue weighted by Gasteiger charge is 2.36. The van der Waals surface area contributed by atoms with Crippen molar-refractivity contribution in [2.75, 3.05) is 0 Å². The molecule has 0 fully saturated rings. The number of hydrogen-bond donors (Lipinski definition) is 0. The van der Waals surface area contributed by atoms with Gasteiger partial charge in [0.15, 0.2) is 0 Å². The minimum absolute atomic E-state index is 1.15. The van der Waals surface area contributed by atoms with Crippen LogP contribution >= 0.6 is 10.0 Å². The summed E-state index contributed by atoms with van der Waals surface area (Å²) >= 11 is 0. The van der Waals surface area contributed by atoms with E-state index in [9.17, 15) is 0 Å². The van der Waals surface area contributed by atoms with Gasteiger partial charge in [0.2, 0.25) is 0 Å². The van der Waals surface area contributed by atoms with E-state index in [0.717, 1.165) is 5.69 Å². The Balaban J connectivity index is 1.32. The van der Waals surface area contributed by atoms with Crippen molar-refractivity contribution in [3.05, 3.63) is 194 Å². The van der Waals surface area contributed by atoms with Gasteiger partial charge >= 0.3 is 0 Å². The van der Waals surface area contributed by atoms with Gasteiger partial charge in [-0.05, 0) is 96.1 Å². The Kier molecular flexibility index (Phi) is 11.6. The van der Waals surface area contributed by atoms with Gasteiger partial charge in [0.1, 0.15) is 78.5 Å². The van der Waals surface area contributed by atoms with Crippen LogP contribution in [0.4, 0.5) is 0 Å². The van der Waals surface area contributed by atoms with Crippen LogP contribution in [-0.4, -0.2) is 87.6 Å². The Bertz CT molecular complexity index is 3910. The molecule has 13 heteroatoms. The summed E-state index contributed by atoms with van der Waals surface area (Å²) in [6, 6.07) is 73.4. The fraction of sp³-hybridized carbons (Fsp3) is 0. The molecule has 2 aromatic heterocycles. The Morgan fingerprint density at radius 3 is 0.973 bits per heavy atom. The maximum absolute atomic E-state index is 2.64. The number of fused-ring (bicyclic) bond motifs is 6. The number of aromatic nitrogens is 2. The highest BCUT2D eigenvalue weighted by atomic mass is 32.3. The smallest absolute Gasteiger partial charge is 0.139 e. The number of nitrogens with zero attached hydrogens (tertiary/aromatic N) is 2. The molecule has 10 aromatic carbocycles. The largest absolute Gasteiger partial charge is 0.309 e. The maximum Gasteiger partial charge on any atom is 0.139 e. The van der Waals surface area contributed by atoms with E-state index >= 15 is 0 Å². The zero-order valence-corrected chi connectivity index (χ0v) is 44.6. The summed E-state index contributed by atoms with van der Waals surface area (Å²) in [5.74, 6) is 0. The molecule has 0 saturated heterocycles. The molecule has 0 aliphatic rings. The highest BCUT2D eigenvalue weighted by Crippen LogP contribution is 2.74. The molecule has 0 unspecified atom stereocenters. The standard InChI is InChI=1S/C60H52B10N2S/c61-50-48(51(62)55(66)58(69)54(50)65)42-31-37(73(34-16-4-1-5-17-34,35-18-6-2-7-19-35)36-20-8-3-9-21-36)32-43(49-52(63)56(67)59(70)57(68)53(49)64)60(42)72-46-27-15-12-24-40(46)41-30-33(28-29-47(41)72)71-44-25-13-10-22-38(44)39-23-11-14-26-45(39)71/h1-32H,61-70H2. The Morgan fingerprint density at radius 1 is 0.260 bits per heavy atom. The van der Waals surface area contributed by atoms with Crippen molar-refractivity contribution < 1.29 is 0 Å². The average Bonchev–Trinajstić information content (AvgIpc) is 3.94. The topological polar surface area (TPSA) is 9.86 Å². The Labute approximate surface area is 440 Å². The van der Waals surface area contributed by atoms with Crippen molar-refractivity contribution in [1.29, 1.82) is 0 Å². The van der Waals surface area contributed by atoms with Crippen molar-refractivity contribution in [2.24, 2.45) is 0 Å². The fourth-order valence-electron chi connectivity index (χ4n) is 12.4. The second kappa shape index (κ2) is 18.1. The van der Waals surface area contributed by atoms with Crippen LogP contribution in [0.5, 0.6) is 0 Å². The molecule has 0 bridgehead atoms. The summed E-state index contributed by atoms with van der Waals surface area (Å²) in [6.45, 7) is 0. The summed E-state index contributed by atoms with van der Waals surface area (Å²) in [4.78, 5) is 5.23. The molecular formula is C60H52B10N2S.